The van der Waals surface area contributed by atoms with E-state index < -0.39 is 0 Å². The number of rotatable bonds is 4. The molecule has 0 N–H and O–H groups in total. The monoisotopic (exact) mass is 241 g/mol. The van der Waals surface area contributed by atoms with E-state index in [1.165, 1.54) is 10.9 Å². The summed E-state index contributed by atoms with van der Waals surface area (Å²) in [5.74, 6) is 0.411. The van der Waals surface area contributed by atoms with Crippen LogP contribution in [0.1, 0.15) is 31.5 Å². The highest BCUT2D eigenvalue weighted by Crippen LogP contribution is 2.21. The molecule has 0 fully saturated rings. The fourth-order valence-electron chi connectivity index (χ4n) is 2.36. The second kappa shape index (κ2) is 5.30. The maximum Gasteiger partial charge on any atom is 0.135 e. The third kappa shape index (κ3) is 2.58. The molecule has 2 rings (SSSR count). The fourth-order valence-corrected chi connectivity index (χ4v) is 2.36. The molecule has 1 aromatic carbocycles. The minimum atomic E-state index is 0.0835. The smallest absolute Gasteiger partial charge is 0.135 e. The zero-order valence-electron chi connectivity index (χ0n) is 11.2. The summed E-state index contributed by atoms with van der Waals surface area (Å²) in [4.78, 5) is 16.2. The Labute approximate surface area is 108 Å². The molecule has 0 aliphatic heterocycles. The van der Waals surface area contributed by atoms with E-state index in [4.69, 9.17) is 0 Å². The number of Topliss-reactive ketones (excluding diaryl/α,β-unsaturated/α-hetero) is 1. The van der Waals surface area contributed by atoms with Crippen LogP contribution in [0.5, 0.6) is 0 Å². The molecule has 2 heteroatoms. The molecule has 1 atom stereocenters. The first-order valence-corrected chi connectivity index (χ1v) is 6.49. The molecule has 0 saturated carbocycles. The lowest BCUT2D eigenvalue weighted by molar-refractivity contribution is -0.122. The van der Waals surface area contributed by atoms with Gasteiger partial charge in [-0.2, -0.15) is 0 Å². The highest BCUT2D eigenvalue weighted by atomic mass is 16.1. The van der Waals surface area contributed by atoms with Crippen LogP contribution in [-0.2, 0) is 11.2 Å². The lowest BCUT2D eigenvalue weighted by Crippen LogP contribution is -2.12. The number of benzene rings is 1. The summed E-state index contributed by atoms with van der Waals surface area (Å²) < 4.78 is 0. The standard InChI is InChI=1S/C16H19NO/c1-4-16(18)11(2)9-13-10-12(3)17-15-8-6-5-7-14(13)15/h5-8,10-11H,4,9H2,1-3H3. The lowest BCUT2D eigenvalue weighted by Gasteiger charge is -2.12. The molecular formula is C16H19NO. The van der Waals surface area contributed by atoms with Crippen LogP contribution < -0.4 is 0 Å². The number of pyridine rings is 1. The molecule has 1 heterocycles. The number of hydrogen-bond acceptors (Lipinski definition) is 2. The van der Waals surface area contributed by atoms with E-state index in [1.807, 2.05) is 39.0 Å². The zero-order valence-corrected chi connectivity index (χ0v) is 11.2. The summed E-state index contributed by atoms with van der Waals surface area (Å²) in [6.45, 7) is 5.94. The second-order valence-corrected chi connectivity index (χ2v) is 4.86. The van der Waals surface area contributed by atoms with E-state index in [1.54, 1.807) is 0 Å². The highest BCUT2D eigenvalue weighted by Gasteiger charge is 2.13. The SMILES string of the molecule is CCC(=O)C(C)Cc1cc(C)nc2ccccc12. The number of hydrogen-bond donors (Lipinski definition) is 0. The Hall–Kier alpha value is -1.70. The summed E-state index contributed by atoms with van der Waals surface area (Å²) in [7, 11) is 0. The molecule has 0 aliphatic carbocycles. The molecular weight excluding hydrogens is 222 g/mol. The maximum atomic E-state index is 11.7. The largest absolute Gasteiger partial charge is 0.299 e. The summed E-state index contributed by atoms with van der Waals surface area (Å²) in [5, 5.41) is 1.17. The molecule has 2 aromatic rings. The second-order valence-electron chi connectivity index (χ2n) is 4.86. The Kier molecular flexibility index (Phi) is 3.75. The van der Waals surface area contributed by atoms with Crippen LogP contribution in [0.2, 0.25) is 0 Å². The Morgan fingerprint density at radius 1 is 1.33 bits per heavy atom. The highest BCUT2D eigenvalue weighted by molar-refractivity contribution is 5.84. The molecule has 18 heavy (non-hydrogen) atoms. The first kappa shape index (κ1) is 12.7. The molecule has 0 spiro atoms. The van der Waals surface area contributed by atoms with Gasteiger partial charge in [0.15, 0.2) is 0 Å². The van der Waals surface area contributed by atoms with Crippen molar-refractivity contribution >= 4 is 16.7 Å². The zero-order chi connectivity index (χ0) is 13.1. The normalized spacial score (nSPS) is 12.6. The number of carbonyl (C=O) groups excluding carboxylic acids is 1. The number of para-hydroxylation sites is 1. The van der Waals surface area contributed by atoms with Crippen molar-refractivity contribution in [2.45, 2.75) is 33.6 Å². The van der Waals surface area contributed by atoms with E-state index >= 15 is 0 Å². The average Bonchev–Trinajstić information content (AvgIpc) is 2.37. The molecule has 0 amide bonds. The van der Waals surface area contributed by atoms with Gasteiger partial charge in [0.1, 0.15) is 5.78 Å². The molecule has 1 unspecified atom stereocenters. The van der Waals surface area contributed by atoms with Crippen LogP contribution >= 0.6 is 0 Å². The topological polar surface area (TPSA) is 30.0 Å². The van der Waals surface area contributed by atoms with Gasteiger partial charge in [-0.3, -0.25) is 9.78 Å². The van der Waals surface area contributed by atoms with Gasteiger partial charge in [0, 0.05) is 23.4 Å². The Balaban J connectivity index is 2.41. The Bertz CT molecular complexity index is 574. The molecule has 0 radical (unpaired) electrons. The molecule has 94 valence electrons. The number of aryl methyl sites for hydroxylation is 1. The van der Waals surface area contributed by atoms with Gasteiger partial charge in [-0.1, -0.05) is 32.0 Å². The minimum Gasteiger partial charge on any atom is -0.299 e. The number of fused-ring (bicyclic) bond motifs is 1. The van der Waals surface area contributed by atoms with Crippen LogP contribution in [0.25, 0.3) is 10.9 Å². The third-order valence-corrected chi connectivity index (χ3v) is 3.35. The average molecular weight is 241 g/mol. The fraction of sp³-hybridized carbons (Fsp3) is 0.375. The van der Waals surface area contributed by atoms with E-state index in [2.05, 4.69) is 17.1 Å². The van der Waals surface area contributed by atoms with Crippen molar-refractivity contribution in [1.29, 1.82) is 0 Å². The van der Waals surface area contributed by atoms with E-state index in [9.17, 15) is 4.79 Å². The Morgan fingerprint density at radius 3 is 2.78 bits per heavy atom. The third-order valence-electron chi connectivity index (χ3n) is 3.35. The van der Waals surface area contributed by atoms with Crippen LogP contribution in [0.15, 0.2) is 30.3 Å². The van der Waals surface area contributed by atoms with Crippen molar-refractivity contribution in [1.82, 2.24) is 4.98 Å². The summed E-state index contributed by atoms with van der Waals surface area (Å²) in [5.41, 5.74) is 3.26. The number of ketones is 1. The van der Waals surface area contributed by atoms with Crippen LogP contribution in [-0.4, -0.2) is 10.8 Å². The van der Waals surface area contributed by atoms with Crippen molar-refractivity contribution in [3.8, 4) is 0 Å². The van der Waals surface area contributed by atoms with Gasteiger partial charge in [0.2, 0.25) is 0 Å². The minimum absolute atomic E-state index is 0.0835. The first-order chi connectivity index (χ1) is 8.61. The predicted octanol–water partition coefficient (Wildman–Crippen LogP) is 3.70. The van der Waals surface area contributed by atoms with Gasteiger partial charge < -0.3 is 0 Å². The van der Waals surface area contributed by atoms with Crippen LogP contribution in [0.3, 0.4) is 0 Å². The van der Waals surface area contributed by atoms with Crippen molar-refractivity contribution in [3.05, 3.63) is 41.6 Å². The first-order valence-electron chi connectivity index (χ1n) is 6.49. The predicted molar refractivity (Wildman–Crippen MR) is 74.6 cm³/mol. The van der Waals surface area contributed by atoms with Crippen molar-refractivity contribution in [2.75, 3.05) is 0 Å². The summed E-state index contributed by atoms with van der Waals surface area (Å²) >= 11 is 0. The molecule has 0 saturated heterocycles. The maximum absolute atomic E-state index is 11.7. The van der Waals surface area contributed by atoms with Crippen LogP contribution in [0.4, 0.5) is 0 Å². The molecule has 2 nitrogen and oxygen atoms in total. The van der Waals surface area contributed by atoms with Crippen molar-refractivity contribution in [2.24, 2.45) is 5.92 Å². The van der Waals surface area contributed by atoms with E-state index in [-0.39, 0.29) is 5.92 Å². The van der Waals surface area contributed by atoms with Gasteiger partial charge in [-0.05, 0) is 31.0 Å². The quantitative estimate of drug-likeness (QED) is 0.817. The molecule has 0 aliphatic rings. The van der Waals surface area contributed by atoms with Gasteiger partial charge >= 0.3 is 0 Å². The molecule has 0 bridgehead atoms. The number of aromatic nitrogens is 1. The van der Waals surface area contributed by atoms with Crippen molar-refractivity contribution in [3.63, 3.8) is 0 Å². The summed E-state index contributed by atoms with van der Waals surface area (Å²) in [6.07, 6.45) is 1.42. The van der Waals surface area contributed by atoms with Gasteiger partial charge in [-0.15, -0.1) is 0 Å². The van der Waals surface area contributed by atoms with Crippen LogP contribution in [0, 0.1) is 12.8 Å². The van der Waals surface area contributed by atoms with Gasteiger partial charge in [-0.25, -0.2) is 0 Å². The Morgan fingerprint density at radius 2 is 2.06 bits per heavy atom. The van der Waals surface area contributed by atoms with Gasteiger partial charge in [0.05, 0.1) is 5.52 Å². The number of carbonyl (C=O) groups is 1. The summed E-state index contributed by atoms with van der Waals surface area (Å²) in [6, 6.07) is 10.2. The van der Waals surface area contributed by atoms with Gasteiger partial charge in [0.25, 0.3) is 0 Å². The van der Waals surface area contributed by atoms with E-state index in [0.717, 1.165) is 17.6 Å². The number of nitrogens with zero attached hydrogens (tertiary/aromatic N) is 1. The van der Waals surface area contributed by atoms with E-state index in [0.29, 0.717) is 12.2 Å². The van der Waals surface area contributed by atoms with Crippen molar-refractivity contribution < 1.29 is 4.79 Å². The lowest BCUT2D eigenvalue weighted by atomic mass is 9.93. The molecule has 1 aromatic heterocycles.